The third kappa shape index (κ3) is 3.04. The molecule has 1 aliphatic rings. The Labute approximate surface area is 122 Å². The fraction of sp³-hybridized carbons (Fsp3) is 0.500. The van der Waals surface area contributed by atoms with Crippen LogP contribution in [0.2, 0.25) is 5.02 Å². The molecular weight excluding hydrogens is 283 g/mol. The van der Waals surface area contributed by atoms with Crippen molar-refractivity contribution in [3.8, 4) is 5.75 Å². The molecule has 1 fully saturated rings. The molecule has 0 saturated carbocycles. The van der Waals surface area contributed by atoms with Gasteiger partial charge in [0.1, 0.15) is 5.75 Å². The Kier molecular flexibility index (Phi) is 4.50. The van der Waals surface area contributed by atoms with Gasteiger partial charge in [0.05, 0.1) is 7.11 Å². The van der Waals surface area contributed by atoms with Gasteiger partial charge in [0.15, 0.2) is 0 Å². The smallest absolute Gasteiger partial charge is 0.261 e. The van der Waals surface area contributed by atoms with Crippen molar-refractivity contribution in [3.63, 3.8) is 0 Å². The van der Waals surface area contributed by atoms with E-state index in [1.54, 1.807) is 32.4 Å². The predicted octanol–water partition coefficient (Wildman–Crippen LogP) is 2.01. The summed E-state index contributed by atoms with van der Waals surface area (Å²) in [7, 11) is 3.13. The fourth-order valence-electron chi connectivity index (χ4n) is 2.38. The Hall–Kier alpha value is -1.33. The number of nitrogens with one attached hydrogen (secondary N) is 1. The number of alkyl halides is 1. The van der Waals surface area contributed by atoms with E-state index in [9.17, 15) is 9.18 Å². The molecule has 20 heavy (non-hydrogen) atoms. The summed E-state index contributed by atoms with van der Waals surface area (Å²) in [6.07, 6.45) is 0.211. The van der Waals surface area contributed by atoms with E-state index < -0.39 is 11.6 Å². The Morgan fingerprint density at radius 2 is 2.35 bits per heavy atom. The topological polar surface area (TPSA) is 41.6 Å². The quantitative estimate of drug-likeness (QED) is 0.925. The van der Waals surface area contributed by atoms with Crippen LogP contribution in [0, 0.1) is 0 Å². The van der Waals surface area contributed by atoms with Crippen molar-refractivity contribution in [1.82, 2.24) is 10.2 Å². The second-order valence-corrected chi connectivity index (χ2v) is 5.45. The number of hydrogen-bond acceptors (Lipinski definition) is 3. The molecule has 1 saturated heterocycles. The molecule has 4 nitrogen and oxygen atoms in total. The zero-order valence-electron chi connectivity index (χ0n) is 11.6. The van der Waals surface area contributed by atoms with Gasteiger partial charge in [-0.2, -0.15) is 0 Å². The largest absolute Gasteiger partial charge is 0.496 e. The van der Waals surface area contributed by atoms with Crippen LogP contribution in [0.4, 0.5) is 4.39 Å². The van der Waals surface area contributed by atoms with Gasteiger partial charge >= 0.3 is 0 Å². The van der Waals surface area contributed by atoms with E-state index in [2.05, 4.69) is 5.32 Å². The van der Waals surface area contributed by atoms with Crippen molar-refractivity contribution in [1.29, 1.82) is 0 Å². The molecule has 0 bridgehead atoms. The highest BCUT2D eigenvalue weighted by Crippen LogP contribution is 2.27. The predicted molar refractivity (Wildman–Crippen MR) is 75.8 cm³/mol. The number of carbonyl (C=O) groups excluding carboxylic acids is 1. The minimum absolute atomic E-state index is 0.0723. The third-order valence-corrected chi connectivity index (χ3v) is 3.72. The first kappa shape index (κ1) is 15.1. The number of nitrogens with zero attached hydrogens (tertiary/aromatic N) is 1. The standard InChI is InChI=1S/C14H18ClFN2O2/c1-18(13(19)14(16)5-6-17-9-14)8-10-7-11(15)3-4-12(10)20-2/h3-4,7,17H,5-6,8-9H2,1-2H3/t14-/m0/s1. The molecule has 0 radical (unpaired) electrons. The second kappa shape index (κ2) is 5.97. The van der Waals surface area contributed by atoms with E-state index in [1.807, 2.05) is 0 Å². The van der Waals surface area contributed by atoms with Crippen molar-refractivity contribution < 1.29 is 13.9 Å². The molecule has 0 aromatic heterocycles. The molecule has 0 unspecified atom stereocenters. The monoisotopic (exact) mass is 300 g/mol. The van der Waals surface area contributed by atoms with Gasteiger partial charge in [0.25, 0.3) is 5.91 Å². The number of halogens is 2. The molecule has 0 aliphatic carbocycles. The first-order valence-electron chi connectivity index (χ1n) is 6.44. The highest BCUT2D eigenvalue weighted by atomic mass is 35.5. The van der Waals surface area contributed by atoms with Crippen molar-refractivity contribution >= 4 is 17.5 Å². The van der Waals surface area contributed by atoms with Crippen molar-refractivity contribution in [2.75, 3.05) is 27.2 Å². The zero-order valence-corrected chi connectivity index (χ0v) is 12.3. The summed E-state index contributed by atoms with van der Waals surface area (Å²) < 4.78 is 19.6. The van der Waals surface area contributed by atoms with Crippen molar-refractivity contribution in [2.24, 2.45) is 0 Å². The summed E-state index contributed by atoms with van der Waals surface area (Å²) in [6.45, 7) is 0.855. The van der Waals surface area contributed by atoms with Crippen LogP contribution >= 0.6 is 11.6 Å². The Morgan fingerprint density at radius 3 is 2.95 bits per heavy atom. The molecule has 0 spiro atoms. The zero-order chi connectivity index (χ0) is 14.8. The molecule has 1 aliphatic heterocycles. The molecule has 1 heterocycles. The summed E-state index contributed by atoms with van der Waals surface area (Å²) in [6, 6.07) is 5.17. The number of carbonyl (C=O) groups is 1. The molecule has 1 N–H and O–H groups in total. The normalized spacial score (nSPS) is 21.8. The highest BCUT2D eigenvalue weighted by molar-refractivity contribution is 6.30. The van der Waals surface area contributed by atoms with E-state index in [-0.39, 0.29) is 19.5 Å². The van der Waals surface area contributed by atoms with Crippen LogP contribution in [-0.4, -0.2) is 43.7 Å². The van der Waals surface area contributed by atoms with E-state index in [0.29, 0.717) is 17.3 Å². The molecule has 1 aromatic rings. The maximum Gasteiger partial charge on any atom is 0.261 e. The second-order valence-electron chi connectivity index (χ2n) is 5.01. The number of amides is 1. The Balaban J connectivity index is 2.13. The Bertz CT molecular complexity index is 504. The third-order valence-electron chi connectivity index (χ3n) is 3.48. The fourth-order valence-corrected chi connectivity index (χ4v) is 2.58. The SMILES string of the molecule is COc1ccc(Cl)cc1CN(C)C(=O)[C@]1(F)CCNC1. The lowest BCUT2D eigenvalue weighted by atomic mass is 10.0. The molecular formula is C14H18ClFN2O2. The van der Waals surface area contributed by atoms with Gasteiger partial charge in [0.2, 0.25) is 5.67 Å². The van der Waals surface area contributed by atoms with Crippen LogP contribution < -0.4 is 10.1 Å². The number of ether oxygens (including phenoxy) is 1. The van der Waals surface area contributed by atoms with E-state index >= 15 is 0 Å². The maximum atomic E-state index is 14.4. The van der Waals surface area contributed by atoms with Crippen LogP contribution in [0.5, 0.6) is 5.75 Å². The molecule has 110 valence electrons. The van der Waals surface area contributed by atoms with Crippen LogP contribution in [0.3, 0.4) is 0 Å². The minimum Gasteiger partial charge on any atom is -0.496 e. The number of methoxy groups -OCH3 is 1. The number of benzene rings is 1. The van der Waals surface area contributed by atoms with Gasteiger partial charge in [-0.1, -0.05) is 11.6 Å². The molecule has 1 aromatic carbocycles. The van der Waals surface area contributed by atoms with Gasteiger partial charge < -0.3 is 15.0 Å². The van der Waals surface area contributed by atoms with Crippen molar-refractivity contribution in [2.45, 2.75) is 18.6 Å². The average molecular weight is 301 g/mol. The summed E-state index contributed by atoms with van der Waals surface area (Å²) in [5.41, 5.74) is -1.05. The molecule has 6 heteroatoms. The molecule has 1 amide bonds. The van der Waals surface area contributed by atoms with E-state index in [0.717, 1.165) is 5.56 Å². The van der Waals surface area contributed by atoms with E-state index in [4.69, 9.17) is 16.3 Å². The van der Waals surface area contributed by atoms with Gasteiger partial charge in [-0.05, 0) is 24.7 Å². The summed E-state index contributed by atoms with van der Waals surface area (Å²) >= 11 is 5.95. The maximum absolute atomic E-state index is 14.4. The van der Waals surface area contributed by atoms with Gasteiger partial charge in [-0.3, -0.25) is 4.79 Å². The summed E-state index contributed by atoms with van der Waals surface area (Å²) in [5.74, 6) is 0.121. The van der Waals surface area contributed by atoms with Gasteiger partial charge in [0, 0.05) is 37.1 Å². The Morgan fingerprint density at radius 1 is 1.60 bits per heavy atom. The lowest BCUT2D eigenvalue weighted by molar-refractivity contribution is -0.142. The molecule has 2 rings (SSSR count). The highest BCUT2D eigenvalue weighted by Gasteiger charge is 2.43. The minimum atomic E-state index is -1.80. The summed E-state index contributed by atoms with van der Waals surface area (Å²) in [4.78, 5) is 13.6. The lowest BCUT2D eigenvalue weighted by Crippen LogP contribution is -2.45. The first-order valence-corrected chi connectivity index (χ1v) is 6.82. The number of hydrogen-bond donors (Lipinski definition) is 1. The van der Waals surface area contributed by atoms with Gasteiger partial charge in [-0.25, -0.2) is 4.39 Å². The molecule has 1 atom stereocenters. The van der Waals surface area contributed by atoms with Gasteiger partial charge in [-0.15, -0.1) is 0 Å². The van der Waals surface area contributed by atoms with Crippen LogP contribution in [0.1, 0.15) is 12.0 Å². The van der Waals surface area contributed by atoms with Crippen LogP contribution in [-0.2, 0) is 11.3 Å². The van der Waals surface area contributed by atoms with E-state index in [1.165, 1.54) is 4.90 Å². The summed E-state index contributed by atoms with van der Waals surface area (Å²) in [5, 5.41) is 3.43. The first-order chi connectivity index (χ1) is 9.46. The number of rotatable bonds is 4. The van der Waals surface area contributed by atoms with Crippen LogP contribution in [0.25, 0.3) is 0 Å². The lowest BCUT2D eigenvalue weighted by Gasteiger charge is -2.25. The van der Waals surface area contributed by atoms with Crippen molar-refractivity contribution in [3.05, 3.63) is 28.8 Å². The van der Waals surface area contributed by atoms with Crippen LogP contribution in [0.15, 0.2) is 18.2 Å². The average Bonchev–Trinajstić information content (AvgIpc) is 2.86.